The molecule has 0 atom stereocenters. The normalized spacial score (nSPS) is 14.1. The molecule has 2 saturated carbocycles. The van der Waals surface area contributed by atoms with Gasteiger partial charge in [-0.25, -0.2) is 14.4 Å². The van der Waals surface area contributed by atoms with E-state index in [2.05, 4.69) is 34.3 Å². The molecule has 0 aromatic heterocycles. The van der Waals surface area contributed by atoms with E-state index in [4.69, 9.17) is 20.3 Å². The summed E-state index contributed by atoms with van der Waals surface area (Å²) in [5.41, 5.74) is 8.11. The van der Waals surface area contributed by atoms with Crippen molar-refractivity contribution in [1.82, 2.24) is 10.6 Å². The second-order valence-corrected chi connectivity index (χ2v) is 14.7. The number of Topliss-reactive ketones (excluding diaryl/α,β-unsaturated/α-hetero) is 1. The third-order valence-electron chi connectivity index (χ3n) is 7.49. The molecule has 10 heteroatoms. The van der Waals surface area contributed by atoms with Crippen molar-refractivity contribution in [3.8, 4) is 23.7 Å². The number of amides is 2. The van der Waals surface area contributed by atoms with Gasteiger partial charge in [0.2, 0.25) is 5.78 Å². The van der Waals surface area contributed by atoms with E-state index in [1.54, 1.807) is 6.07 Å². The van der Waals surface area contributed by atoms with Crippen molar-refractivity contribution in [2.24, 2.45) is 11.8 Å². The molecule has 0 bridgehead atoms. The van der Waals surface area contributed by atoms with Gasteiger partial charge in [0.15, 0.2) is 0 Å². The van der Waals surface area contributed by atoms with Gasteiger partial charge in [-0.1, -0.05) is 73.9 Å². The summed E-state index contributed by atoms with van der Waals surface area (Å²) in [7, 11) is 0. The third-order valence-corrected chi connectivity index (χ3v) is 7.49. The number of rotatable bonds is 6. The zero-order chi connectivity index (χ0) is 37.9. The molecule has 2 amide bonds. The van der Waals surface area contributed by atoms with Crippen molar-refractivity contribution in [3.05, 3.63) is 65.2 Å². The number of carboxylic acid groups (broad SMARTS) is 1. The van der Waals surface area contributed by atoms with Gasteiger partial charge in [-0.3, -0.25) is 4.79 Å². The summed E-state index contributed by atoms with van der Waals surface area (Å²) in [4.78, 5) is 45.1. The molecule has 2 aromatic rings. The van der Waals surface area contributed by atoms with E-state index >= 15 is 0 Å². The van der Waals surface area contributed by atoms with Gasteiger partial charge in [-0.2, -0.15) is 0 Å². The van der Waals surface area contributed by atoms with Crippen LogP contribution in [0.1, 0.15) is 110 Å². The van der Waals surface area contributed by atoms with Crippen LogP contribution in [0.3, 0.4) is 0 Å². The highest BCUT2D eigenvalue weighted by atomic mass is 16.6. The molecule has 2 aromatic carbocycles. The molecular weight excluding hydrogens is 646 g/mol. The Labute approximate surface area is 303 Å². The number of carbonyl (C=O) groups excluding carboxylic acids is 3. The molecule has 0 radical (unpaired) electrons. The van der Waals surface area contributed by atoms with Crippen molar-refractivity contribution < 1.29 is 33.8 Å². The maximum absolute atomic E-state index is 12.0. The van der Waals surface area contributed by atoms with Gasteiger partial charge in [-0.05, 0) is 102 Å². The Kier molecular flexibility index (Phi) is 17.6. The third kappa shape index (κ3) is 21.0. The molecule has 0 saturated heterocycles. The SMILES string of the molecule is CC(C)(C)OC(=O)NCc1cccc(CC(=O)C#CC2CCCC2)c1.CC(C)(C)OC(=O)NCc1cccc(N)c1.O=C(O)C#CC1CCCC1. The minimum absolute atomic E-state index is 0.0517. The smallest absolute Gasteiger partial charge is 0.407 e. The van der Waals surface area contributed by atoms with Crippen molar-refractivity contribution in [3.63, 3.8) is 0 Å². The lowest BCUT2D eigenvalue weighted by molar-refractivity contribution is -0.130. The van der Waals surface area contributed by atoms with Crippen LogP contribution in [0, 0.1) is 35.5 Å². The minimum atomic E-state index is -1.01. The number of hydrogen-bond donors (Lipinski definition) is 4. The number of ketones is 1. The Morgan fingerprint density at radius 2 is 1.14 bits per heavy atom. The lowest BCUT2D eigenvalue weighted by Crippen LogP contribution is -2.32. The van der Waals surface area contributed by atoms with Gasteiger partial charge >= 0.3 is 18.2 Å². The fourth-order valence-corrected chi connectivity index (χ4v) is 5.25. The van der Waals surface area contributed by atoms with Crippen molar-refractivity contribution in [2.75, 3.05) is 5.73 Å². The highest BCUT2D eigenvalue weighted by Gasteiger charge is 2.17. The number of nitrogens with two attached hydrogens (primary N) is 1. The lowest BCUT2D eigenvalue weighted by Gasteiger charge is -2.19. The summed E-state index contributed by atoms with van der Waals surface area (Å²) in [6.45, 7) is 11.7. The van der Waals surface area contributed by atoms with E-state index in [9.17, 15) is 19.2 Å². The van der Waals surface area contributed by atoms with Gasteiger partial charge in [0.1, 0.15) is 11.2 Å². The van der Waals surface area contributed by atoms with Gasteiger partial charge in [0, 0.05) is 43.0 Å². The fraction of sp³-hybridized carbons (Fsp3) is 0.512. The number of nitrogens with one attached hydrogen (secondary N) is 2. The number of benzene rings is 2. The van der Waals surface area contributed by atoms with Crippen LogP contribution in [0.25, 0.3) is 0 Å². The number of carbonyl (C=O) groups is 4. The summed E-state index contributed by atoms with van der Waals surface area (Å²) < 4.78 is 10.3. The summed E-state index contributed by atoms with van der Waals surface area (Å²) >= 11 is 0. The van der Waals surface area contributed by atoms with E-state index in [1.165, 1.54) is 25.7 Å². The summed E-state index contributed by atoms with van der Waals surface area (Å²) in [6.07, 6.45) is 8.70. The molecule has 2 aliphatic rings. The predicted octanol–water partition coefficient (Wildman–Crippen LogP) is 7.57. The van der Waals surface area contributed by atoms with Crippen LogP contribution in [0.2, 0.25) is 0 Å². The average Bonchev–Trinajstić information content (AvgIpc) is 3.75. The van der Waals surface area contributed by atoms with Crippen LogP contribution in [-0.4, -0.2) is 40.2 Å². The Morgan fingerprint density at radius 3 is 1.59 bits per heavy atom. The first kappa shape index (κ1) is 42.2. The molecule has 2 aliphatic carbocycles. The van der Waals surface area contributed by atoms with Crippen molar-refractivity contribution in [1.29, 1.82) is 0 Å². The highest BCUT2D eigenvalue weighted by molar-refractivity contribution is 5.97. The molecule has 0 spiro atoms. The Hall–Kier alpha value is -4.96. The molecule has 51 heavy (non-hydrogen) atoms. The van der Waals surface area contributed by atoms with E-state index in [0.29, 0.717) is 37.0 Å². The molecule has 5 N–H and O–H groups in total. The lowest BCUT2D eigenvalue weighted by atomic mass is 10.0. The van der Waals surface area contributed by atoms with Crippen LogP contribution in [0.5, 0.6) is 0 Å². The van der Waals surface area contributed by atoms with Gasteiger partial charge < -0.3 is 30.9 Å². The van der Waals surface area contributed by atoms with Crippen LogP contribution in [-0.2, 0) is 38.6 Å². The van der Waals surface area contributed by atoms with Crippen LogP contribution >= 0.6 is 0 Å². The molecule has 276 valence electrons. The van der Waals surface area contributed by atoms with Crippen molar-refractivity contribution >= 4 is 29.6 Å². The molecule has 10 nitrogen and oxygen atoms in total. The summed E-state index contributed by atoms with van der Waals surface area (Å²) in [5.74, 6) is 10.5. The Bertz CT molecular complexity index is 1570. The maximum atomic E-state index is 12.0. The van der Waals surface area contributed by atoms with E-state index in [1.807, 2.05) is 84.0 Å². The predicted molar refractivity (Wildman–Crippen MR) is 199 cm³/mol. The zero-order valence-corrected chi connectivity index (χ0v) is 31.0. The highest BCUT2D eigenvalue weighted by Crippen LogP contribution is 2.24. The standard InChI is InChI=1S/C21H27NO3.C12H18N2O2.C8H10O2/c1-21(2,3)25-20(24)22-15-18-10-6-9-17(13-18)14-19(23)12-11-16-7-4-5-8-16;1-12(2,3)16-11(15)14-8-9-5-4-6-10(13)7-9;9-8(10)6-5-7-3-1-2-4-7/h6,9-10,13,16H,4-5,7-8,14-15H2,1-3H3,(H,22,24);4-7H,8,13H2,1-3H3,(H,14,15);7H,1-4H2,(H,9,10). The first-order valence-electron chi connectivity index (χ1n) is 17.6. The monoisotopic (exact) mass is 701 g/mol. The average molecular weight is 702 g/mol. The zero-order valence-electron chi connectivity index (χ0n) is 31.0. The number of alkyl carbamates (subject to hydrolysis) is 2. The Balaban J connectivity index is 0.000000295. The Morgan fingerprint density at radius 1 is 0.706 bits per heavy atom. The second-order valence-electron chi connectivity index (χ2n) is 14.7. The van der Waals surface area contributed by atoms with Crippen molar-refractivity contribution in [2.45, 2.75) is 124 Å². The maximum Gasteiger partial charge on any atom is 0.407 e. The first-order valence-corrected chi connectivity index (χ1v) is 17.6. The summed E-state index contributed by atoms with van der Waals surface area (Å²) in [5, 5.41) is 13.6. The number of aliphatic carboxylic acids is 1. The number of nitrogen functional groups attached to an aromatic ring is 1. The molecule has 0 unspecified atom stereocenters. The van der Waals surface area contributed by atoms with Crippen LogP contribution in [0.15, 0.2) is 48.5 Å². The fourth-order valence-electron chi connectivity index (χ4n) is 5.25. The quantitative estimate of drug-likeness (QED) is 0.136. The number of hydrogen-bond acceptors (Lipinski definition) is 7. The molecular formula is C41H55N3O7. The van der Waals surface area contributed by atoms with E-state index in [-0.39, 0.29) is 5.78 Å². The number of anilines is 1. The van der Waals surface area contributed by atoms with Crippen LogP contribution < -0.4 is 16.4 Å². The van der Waals surface area contributed by atoms with E-state index < -0.39 is 29.4 Å². The summed E-state index contributed by atoms with van der Waals surface area (Å²) in [6, 6.07) is 15.0. The molecule has 2 fully saturated rings. The van der Waals surface area contributed by atoms with E-state index in [0.717, 1.165) is 42.4 Å². The molecule has 0 heterocycles. The van der Waals surface area contributed by atoms with Gasteiger partial charge in [0.25, 0.3) is 0 Å². The first-order chi connectivity index (χ1) is 24.0. The topological polar surface area (TPSA) is 157 Å². The number of carboxylic acids is 1. The largest absolute Gasteiger partial charge is 0.472 e. The van der Waals surface area contributed by atoms with Crippen LogP contribution in [0.4, 0.5) is 15.3 Å². The molecule has 0 aliphatic heterocycles. The second kappa shape index (κ2) is 21.3. The minimum Gasteiger partial charge on any atom is -0.472 e. The van der Waals surface area contributed by atoms with Gasteiger partial charge in [0.05, 0.1) is 0 Å². The van der Waals surface area contributed by atoms with Gasteiger partial charge in [-0.15, -0.1) is 0 Å². The number of ether oxygens (including phenoxy) is 2. The molecule has 4 rings (SSSR count).